The van der Waals surface area contributed by atoms with Gasteiger partial charge in [0.15, 0.2) is 0 Å². The maximum Gasteiger partial charge on any atom is 0.144 e. The summed E-state index contributed by atoms with van der Waals surface area (Å²) in [5.41, 5.74) is 5.76. The van der Waals surface area contributed by atoms with Crippen molar-refractivity contribution in [3.05, 3.63) is 23.3 Å². The van der Waals surface area contributed by atoms with E-state index in [-0.39, 0.29) is 11.4 Å². The molecule has 1 heterocycles. The van der Waals surface area contributed by atoms with Gasteiger partial charge in [-0.2, -0.15) is 0 Å². The molecule has 0 aliphatic rings. The number of phenols is 1. The van der Waals surface area contributed by atoms with Gasteiger partial charge in [0, 0.05) is 11.5 Å². The highest BCUT2D eigenvalue weighted by Crippen LogP contribution is 2.34. The largest absolute Gasteiger partial charge is 0.506 e. The van der Waals surface area contributed by atoms with Crippen LogP contribution in [0.3, 0.4) is 0 Å². The first-order chi connectivity index (χ1) is 5.70. The molecule has 0 spiro atoms. The zero-order valence-corrected chi connectivity index (χ0v) is 6.86. The lowest BCUT2D eigenvalue weighted by atomic mass is 10.2. The zero-order valence-electron chi connectivity index (χ0n) is 6.04. The van der Waals surface area contributed by atoms with Crippen LogP contribution in [0.25, 0.3) is 10.1 Å². The molecule has 0 aliphatic carbocycles. The summed E-state index contributed by atoms with van der Waals surface area (Å²) in [7, 11) is 0. The van der Waals surface area contributed by atoms with Crippen molar-refractivity contribution >= 4 is 27.1 Å². The van der Waals surface area contributed by atoms with Gasteiger partial charge in [0.1, 0.15) is 11.6 Å². The van der Waals surface area contributed by atoms with Crippen molar-refractivity contribution in [2.45, 2.75) is 0 Å². The molecule has 1 aromatic heterocycles. The van der Waals surface area contributed by atoms with Crippen molar-refractivity contribution in [3.63, 3.8) is 0 Å². The molecule has 0 bridgehead atoms. The van der Waals surface area contributed by atoms with E-state index < -0.39 is 5.82 Å². The summed E-state index contributed by atoms with van der Waals surface area (Å²) >= 11 is 1.27. The minimum absolute atomic E-state index is 0.196. The van der Waals surface area contributed by atoms with E-state index in [2.05, 4.69) is 0 Å². The van der Waals surface area contributed by atoms with Crippen LogP contribution in [0, 0.1) is 5.82 Å². The average Bonchev–Trinajstić information content (AvgIpc) is 2.48. The molecule has 0 radical (unpaired) electrons. The van der Waals surface area contributed by atoms with Gasteiger partial charge in [0.05, 0.1) is 10.4 Å². The molecule has 0 fully saturated rings. The number of benzene rings is 1. The number of anilines is 1. The second-order valence-corrected chi connectivity index (χ2v) is 3.37. The summed E-state index contributed by atoms with van der Waals surface area (Å²) in [6.07, 6.45) is 0. The van der Waals surface area contributed by atoms with E-state index in [0.29, 0.717) is 10.1 Å². The highest BCUT2D eigenvalue weighted by atomic mass is 32.1. The number of hydrogen-bond donors (Lipinski definition) is 2. The summed E-state index contributed by atoms with van der Waals surface area (Å²) in [5.74, 6) is -0.620. The first-order valence-electron chi connectivity index (χ1n) is 3.34. The second-order valence-electron chi connectivity index (χ2n) is 2.45. The van der Waals surface area contributed by atoms with E-state index in [1.807, 2.05) is 0 Å². The van der Waals surface area contributed by atoms with Crippen molar-refractivity contribution in [1.82, 2.24) is 0 Å². The fourth-order valence-corrected chi connectivity index (χ4v) is 1.92. The predicted molar refractivity (Wildman–Crippen MR) is 47.9 cm³/mol. The molecule has 2 rings (SSSR count). The number of fused-ring (bicyclic) bond motifs is 1. The van der Waals surface area contributed by atoms with Crippen LogP contribution in [0.2, 0.25) is 0 Å². The van der Waals surface area contributed by atoms with Crippen molar-refractivity contribution in [2.75, 3.05) is 5.73 Å². The maximum absolute atomic E-state index is 13.1. The van der Waals surface area contributed by atoms with Crippen LogP contribution in [0.1, 0.15) is 0 Å². The van der Waals surface area contributed by atoms with Gasteiger partial charge in [-0.25, -0.2) is 4.39 Å². The molecular weight excluding hydrogens is 177 g/mol. The predicted octanol–water partition coefficient (Wildman–Crippen LogP) is 2.33. The lowest BCUT2D eigenvalue weighted by molar-refractivity contribution is 0.473. The molecule has 0 amide bonds. The van der Waals surface area contributed by atoms with Gasteiger partial charge >= 0.3 is 0 Å². The van der Waals surface area contributed by atoms with Crippen LogP contribution < -0.4 is 5.73 Å². The Hall–Kier alpha value is -1.29. The Balaban J connectivity index is 2.97. The summed E-state index contributed by atoms with van der Waals surface area (Å²) in [5, 5.41) is 11.5. The number of aromatic hydroxyl groups is 1. The third-order valence-corrected chi connectivity index (χ3v) is 2.63. The molecule has 2 aromatic rings. The first-order valence-corrected chi connectivity index (χ1v) is 4.22. The van der Waals surface area contributed by atoms with Gasteiger partial charge in [-0.05, 0) is 11.4 Å². The van der Waals surface area contributed by atoms with Gasteiger partial charge in [0.2, 0.25) is 0 Å². The summed E-state index contributed by atoms with van der Waals surface area (Å²) < 4.78 is 13.5. The standard InChI is InChI=1S/C8H6FNOS/c9-5-3-6(11)7(10)4-1-2-12-8(4)5/h1-3,11H,10H2. The summed E-state index contributed by atoms with van der Waals surface area (Å²) in [6.45, 7) is 0. The molecule has 4 heteroatoms. The van der Waals surface area contributed by atoms with E-state index in [4.69, 9.17) is 10.8 Å². The van der Waals surface area contributed by atoms with Crippen LogP contribution in [0.15, 0.2) is 17.5 Å². The highest BCUT2D eigenvalue weighted by Gasteiger charge is 2.09. The molecular formula is C8H6FNOS. The van der Waals surface area contributed by atoms with Crippen molar-refractivity contribution < 1.29 is 9.50 Å². The van der Waals surface area contributed by atoms with Gasteiger partial charge in [-0.1, -0.05) is 0 Å². The zero-order chi connectivity index (χ0) is 8.72. The fraction of sp³-hybridized carbons (Fsp3) is 0. The second kappa shape index (κ2) is 2.35. The Morgan fingerprint density at radius 2 is 2.25 bits per heavy atom. The minimum Gasteiger partial charge on any atom is -0.506 e. The van der Waals surface area contributed by atoms with Crippen LogP contribution in [-0.2, 0) is 0 Å². The normalized spacial score (nSPS) is 10.8. The molecule has 12 heavy (non-hydrogen) atoms. The number of halogens is 1. The fourth-order valence-electron chi connectivity index (χ4n) is 1.11. The van der Waals surface area contributed by atoms with Crippen LogP contribution in [0.5, 0.6) is 5.75 Å². The smallest absolute Gasteiger partial charge is 0.144 e. The number of nitrogen functional groups attached to an aromatic ring is 1. The monoisotopic (exact) mass is 183 g/mol. The lowest BCUT2D eigenvalue weighted by Gasteiger charge is -2.00. The average molecular weight is 183 g/mol. The maximum atomic E-state index is 13.1. The Labute approximate surface area is 72.1 Å². The van der Waals surface area contributed by atoms with E-state index >= 15 is 0 Å². The quantitative estimate of drug-likeness (QED) is 0.486. The first kappa shape index (κ1) is 7.36. The topological polar surface area (TPSA) is 46.2 Å². The molecule has 0 unspecified atom stereocenters. The molecule has 0 saturated heterocycles. The van der Waals surface area contributed by atoms with E-state index in [1.165, 1.54) is 11.3 Å². The Morgan fingerprint density at radius 1 is 1.50 bits per heavy atom. The van der Waals surface area contributed by atoms with E-state index in [1.54, 1.807) is 11.4 Å². The molecule has 2 nitrogen and oxygen atoms in total. The summed E-state index contributed by atoms with van der Waals surface area (Å²) in [6, 6.07) is 2.73. The van der Waals surface area contributed by atoms with Crippen molar-refractivity contribution in [1.29, 1.82) is 0 Å². The Bertz CT molecular complexity index is 438. The molecule has 0 aliphatic heterocycles. The van der Waals surface area contributed by atoms with Crippen LogP contribution in [-0.4, -0.2) is 5.11 Å². The molecule has 0 atom stereocenters. The number of nitrogens with two attached hydrogens (primary N) is 1. The van der Waals surface area contributed by atoms with E-state index in [0.717, 1.165) is 6.07 Å². The number of phenolic OH excluding ortho intramolecular Hbond substituents is 1. The van der Waals surface area contributed by atoms with E-state index in [9.17, 15) is 4.39 Å². The van der Waals surface area contributed by atoms with Gasteiger partial charge in [-0.3, -0.25) is 0 Å². The van der Waals surface area contributed by atoms with Crippen LogP contribution in [0.4, 0.5) is 10.1 Å². The Morgan fingerprint density at radius 3 is 3.00 bits per heavy atom. The van der Waals surface area contributed by atoms with Crippen LogP contribution >= 0.6 is 11.3 Å². The lowest BCUT2D eigenvalue weighted by Crippen LogP contribution is -1.87. The van der Waals surface area contributed by atoms with Crippen molar-refractivity contribution in [3.8, 4) is 5.75 Å². The number of rotatable bonds is 0. The van der Waals surface area contributed by atoms with Gasteiger partial charge in [-0.15, -0.1) is 11.3 Å². The molecule has 0 saturated carbocycles. The molecule has 62 valence electrons. The molecule has 3 N–H and O–H groups in total. The minimum atomic E-state index is -0.424. The van der Waals surface area contributed by atoms with Gasteiger partial charge in [0.25, 0.3) is 0 Å². The highest BCUT2D eigenvalue weighted by molar-refractivity contribution is 7.17. The third-order valence-electron chi connectivity index (χ3n) is 1.71. The summed E-state index contributed by atoms with van der Waals surface area (Å²) in [4.78, 5) is 0. The SMILES string of the molecule is Nc1c(O)cc(F)c2sccc12. The number of thiophene rings is 1. The third kappa shape index (κ3) is 0.848. The number of hydrogen-bond acceptors (Lipinski definition) is 3. The Kier molecular flexibility index (Phi) is 1.44. The van der Waals surface area contributed by atoms with Crippen molar-refractivity contribution in [2.24, 2.45) is 0 Å². The van der Waals surface area contributed by atoms with Gasteiger partial charge < -0.3 is 10.8 Å². The molecule has 1 aromatic carbocycles.